The molecule has 1 heterocycles. The minimum absolute atomic E-state index is 0.0755. The van der Waals surface area contributed by atoms with Gasteiger partial charge >= 0.3 is 0 Å². The maximum Gasteiger partial charge on any atom is 0.264 e. The molecule has 1 aliphatic heterocycles. The third-order valence-corrected chi connectivity index (χ3v) is 8.78. The zero-order valence-electron chi connectivity index (χ0n) is 20.0. The van der Waals surface area contributed by atoms with Gasteiger partial charge in [0.25, 0.3) is 10.0 Å². The van der Waals surface area contributed by atoms with Gasteiger partial charge in [-0.3, -0.25) is 9.10 Å². The SMILES string of the molecule is CC1CCCN(c2ccc(CNC(=O)CN(c3ccc(Cl)c(Cl)c3)S(=O)(=O)c3ccccc3)cc2)C1. The number of anilines is 2. The molecule has 4 rings (SSSR count). The molecule has 1 amide bonds. The average Bonchev–Trinajstić information content (AvgIpc) is 2.88. The summed E-state index contributed by atoms with van der Waals surface area (Å²) >= 11 is 12.2. The van der Waals surface area contributed by atoms with Gasteiger partial charge in [0.05, 0.1) is 20.6 Å². The second-order valence-electron chi connectivity index (χ2n) is 9.06. The molecular weight excluding hydrogens is 517 g/mol. The van der Waals surface area contributed by atoms with E-state index in [1.165, 1.54) is 48.9 Å². The maximum absolute atomic E-state index is 13.4. The van der Waals surface area contributed by atoms with Crippen LogP contribution in [0.2, 0.25) is 10.0 Å². The Labute approximate surface area is 222 Å². The van der Waals surface area contributed by atoms with E-state index >= 15 is 0 Å². The van der Waals surface area contributed by atoms with Crippen LogP contribution in [0.1, 0.15) is 25.3 Å². The molecule has 1 unspecified atom stereocenters. The van der Waals surface area contributed by atoms with Crippen molar-refractivity contribution in [3.05, 3.63) is 88.4 Å². The third-order valence-electron chi connectivity index (χ3n) is 6.26. The zero-order valence-corrected chi connectivity index (χ0v) is 22.4. The van der Waals surface area contributed by atoms with Crippen molar-refractivity contribution in [2.45, 2.75) is 31.2 Å². The minimum Gasteiger partial charge on any atom is -0.371 e. The summed E-state index contributed by atoms with van der Waals surface area (Å²) < 4.78 is 27.9. The smallest absolute Gasteiger partial charge is 0.264 e. The second-order valence-corrected chi connectivity index (χ2v) is 11.7. The zero-order chi connectivity index (χ0) is 25.7. The molecule has 0 radical (unpaired) electrons. The largest absolute Gasteiger partial charge is 0.371 e. The topological polar surface area (TPSA) is 69.7 Å². The fraction of sp³-hybridized carbons (Fsp3) is 0.296. The van der Waals surface area contributed by atoms with Crippen molar-refractivity contribution in [3.63, 3.8) is 0 Å². The van der Waals surface area contributed by atoms with Gasteiger partial charge in [0.1, 0.15) is 6.54 Å². The van der Waals surface area contributed by atoms with Crippen molar-refractivity contribution in [2.24, 2.45) is 5.92 Å². The molecule has 1 aliphatic rings. The van der Waals surface area contributed by atoms with Gasteiger partial charge in [0.2, 0.25) is 5.91 Å². The molecule has 0 spiro atoms. The highest BCUT2D eigenvalue weighted by atomic mass is 35.5. The number of nitrogens with zero attached hydrogens (tertiary/aromatic N) is 2. The molecule has 1 saturated heterocycles. The number of nitrogens with one attached hydrogen (secondary N) is 1. The van der Waals surface area contributed by atoms with Crippen LogP contribution in [0.3, 0.4) is 0 Å². The highest BCUT2D eigenvalue weighted by molar-refractivity contribution is 7.92. The molecule has 0 aromatic heterocycles. The number of carbonyl (C=O) groups is 1. The van der Waals surface area contributed by atoms with Gasteiger partial charge in [-0.1, -0.05) is 60.5 Å². The van der Waals surface area contributed by atoms with Gasteiger partial charge in [0, 0.05) is 25.3 Å². The van der Waals surface area contributed by atoms with Crippen LogP contribution in [0.5, 0.6) is 0 Å². The van der Waals surface area contributed by atoms with E-state index in [1.807, 2.05) is 12.1 Å². The number of rotatable bonds is 8. The quantitative estimate of drug-likeness (QED) is 0.391. The molecule has 0 saturated carbocycles. The summed E-state index contributed by atoms with van der Waals surface area (Å²) in [6, 6.07) is 20.6. The molecule has 0 bridgehead atoms. The fourth-order valence-electron chi connectivity index (χ4n) is 4.31. The highest BCUT2D eigenvalue weighted by Crippen LogP contribution is 2.30. The first-order chi connectivity index (χ1) is 17.2. The fourth-order valence-corrected chi connectivity index (χ4v) is 6.04. The van der Waals surface area contributed by atoms with Crippen LogP contribution < -0.4 is 14.5 Å². The Morgan fingerprint density at radius 3 is 2.42 bits per heavy atom. The normalized spacial score (nSPS) is 16.0. The Kier molecular flexibility index (Phi) is 8.44. The van der Waals surface area contributed by atoms with Gasteiger partial charge < -0.3 is 10.2 Å². The molecule has 3 aromatic carbocycles. The molecule has 190 valence electrons. The average molecular weight is 547 g/mol. The number of hydrogen-bond acceptors (Lipinski definition) is 4. The summed E-state index contributed by atoms with van der Waals surface area (Å²) in [5, 5.41) is 3.33. The molecule has 1 fully saturated rings. The minimum atomic E-state index is -4.02. The Bertz CT molecular complexity index is 1300. The van der Waals surface area contributed by atoms with Crippen LogP contribution in [0.4, 0.5) is 11.4 Å². The van der Waals surface area contributed by atoms with Crippen LogP contribution in [-0.4, -0.2) is 34.0 Å². The van der Waals surface area contributed by atoms with E-state index in [2.05, 4.69) is 29.3 Å². The number of halogens is 2. The van der Waals surface area contributed by atoms with E-state index in [4.69, 9.17) is 23.2 Å². The number of carbonyl (C=O) groups excluding carboxylic acids is 1. The van der Waals surface area contributed by atoms with E-state index in [1.54, 1.807) is 18.2 Å². The van der Waals surface area contributed by atoms with E-state index in [-0.39, 0.29) is 22.2 Å². The van der Waals surface area contributed by atoms with Gasteiger partial charge in [-0.2, -0.15) is 0 Å². The maximum atomic E-state index is 13.4. The van der Waals surface area contributed by atoms with Crippen LogP contribution in [0, 0.1) is 5.92 Å². The van der Waals surface area contributed by atoms with Crippen molar-refractivity contribution in [2.75, 3.05) is 28.8 Å². The van der Waals surface area contributed by atoms with E-state index < -0.39 is 22.5 Å². The number of amides is 1. The third kappa shape index (κ3) is 6.33. The first-order valence-electron chi connectivity index (χ1n) is 11.9. The Morgan fingerprint density at radius 1 is 1.03 bits per heavy atom. The Morgan fingerprint density at radius 2 is 1.75 bits per heavy atom. The lowest BCUT2D eigenvalue weighted by Gasteiger charge is -2.32. The van der Waals surface area contributed by atoms with Crippen molar-refractivity contribution >= 4 is 50.5 Å². The molecule has 9 heteroatoms. The molecule has 0 aliphatic carbocycles. The summed E-state index contributed by atoms with van der Waals surface area (Å²) in [4.78, 5) is 15.4. The molecule has 36 heavy (non-hydrogen) atoms. The molecular formula is C27H29Cl2N3O3S. The van der Waals surface area contributed by atoms with E-state index in [0.29, 0.717) is 10.9 Å². The molecule has 6 nitrogen and oxygen atoms in total. The molecule has 1 N–H and O–H groups in total. The standard InChI is InChI=1S/C27H29Cl2N3O3S/c1-20-6-5-15-31(18-20)22-11-9-21(10-12-22)17-30-27(33)19-32(23-13-14-25(28)26(29)16-23)36(34,35)24-7-3-2-4-8-24/h2-4,7-14,16,20H,5-6,15,17-19H2,1H3,(H,30,33). The lowest BCUT2D eigenvalue weighted by Crippen LogP contribution is -2.40. The Hall–Kier alpha value is -2.74. The van der Waals surface area contributed by atoms with Crippen LogP contribution in [0.25, 0.3) is 0 Å². The summed E-state index contributed by atoms with van der Waals surface area (Å²) in [5.74, 6) is 0.248. The number of piperidine rings is 1. The first-order valence-corrected chi connectivity index (χ1v) is 14.1. The van der Waals surface area contributed by atoms with E-state index in [0.717, 1.165) is 23.0 Å². The van der Waals surface area contributed by atoms with Gasteiger partial charge in [-0.25, -0.2) is 8.42 Å². The lowest BCUT2D eigenvalue weighted by molar-refractivity contribution is -0.119. The Balaban J connectivity index is 1.47. The van der Waals surface area contributed by atoms with Gasteiger partial charge in [-0.15, -0.1) is 0 Å². The van der Waals surface area contributed by atoms with Gasteiger partial charge in [-0.05, 0) is 66.8 Å². The van der Waals surface area contributed by atoms with Crippen molar-refractivity contribution in [3.8, 4) is 0 Å². The summed E-state index contributed by atoms with van der Waals surface area (Å²) in [6.07, 6.45) is 2.46. The summed E-state index contributed by atoms with van der Waals surface area (Å²) in [7, 11) is -4.02. The van der Waals surface area contributed by atoms with Crippen molar-refractivity contribution < 1.29 is 13.2 Å². The van der Waals surface area contributed by atoms with Crippen molar-refractivity contribution in [1.29, 1.82) is 0 Å². The number of sulfonamides is 1. The monoisotopic (exact) mass is 545 g/mol. The van der Waals surface area contributed by atoms with Crippen molar-refractivity contribution in [1.82, 2.24) is 5.32 Å². The molecule has 3 aromatic rings. The number of benzene rings is 3. The second kappa shape index (κ2) is 11.5. The predicted octanol–water partition coefficient (Wildman–Crippen LogP) is 5.74. The summed E-state index contributed by atoms with van der Waals surface area (Å²) in [6.45, 7) is 4.27. The predicted molar refractivity (Wildman–Crippen MR) is 146 cm³/mol. The lowest BCUT2D eigenvalue weighted by atomic mass is 9.99. The number of hydrogen-bond donors (Lipinski definition) is 1. The first kappa shape index (κ1) is 26.3. The van der Waals surface area contributed by atoms with Gasteiger partial charge in [0.15, 0.2) is 0 Å². The van der Waals surface area contributed by atoms with E-state index in [9.17, 15) is 13.2 Å². The van der Waals surface area contributed by atoms with Crippen LogP contribution >= 0.6 is 23.2 Å². The summed E-state index contributed by atoms with van der Waals surface area (Å²) in [5.41, 5.74) is 2.36. The van der Waals surface area contributed by atoms with Crippen LogP contribution in [0.15, 0.2) is 77.7 Å². The highest BCUT2D eigenvalue weighted by Gasteiger charge is 2.27. The van der Waals surface area contributed by atoms with Crippen LogP contribution in [-0.2, 0) is 21.4 Å². The molecule has 1 atom stereocenters.